The van der Waals surface area contributed by atoms with E-state index in [9.17, 15) is 14.7 Å². The predicted molar refractivity (Wildman–Crippen MR) is 91.7 cm³/mol. The summed E-state index contributed by atoms with van der Waals surface area (Å²) in [6, 6.07) is 5.28. The molecule has 2 amide bonds. The molecule has 0 radical (unpaired) electrons. The molecule has 1 aromatic carbocycles. The number of para-hydroxylation sites is 1. The number of hydrogen-bond acceptors (Lipinski definition) is 5. The Morgan fingerprint density at radius 2 is 2.33 bits per heavy atom. The molecule has 0 spiro atoms. The van der Waals surface area contributed by atoms with E-state index < -0.39 is 0 Å². The third-order valence-electron chi connectivity index (χ3n) is 3.73. The average Bonchev–Trinajstić information content (AvgIpc) is 2.87. The first-order valence-electron chi connectivity index (χ1n) is 7.60. The maximum Gasteiger partial charge on any atom is 0.248 e. The Morgan fingerprint density at radius 1 is 1.54 bits per heavy atom. The largest absolute Gasteiger partial charge is 0.507 e. The number of nitrogens with one attached hydrogen (secondary N) is 2. The highest BCUT2D eigenvalue weighted by atomic mass is 16.3. The molecule has 0 unspecified atom stereocenters. The van der Waals surface area contributed by atoms with Crippen LogP contribution in [0.5, 0.6) is 5.75 Å². The number of nitrogens with zero attached hydrogens (tertiary/aromatic N) is 2. The van der Waals surface area contributed by atoms with Crippen molar-refractivity contribution < 1.29 is 14.7 Å². The number of phenols is 1. The van der Waals surface area contributed by atoms with Crippen LogP contribution in [0.3, 0.4) is 0 Å². The highest BCUT2D eigenvalue weighted by Crippen LogP contribution is 2.21. The van der Waals surface area contributed by atoms with Gasteiger partial charge in [-0.2, -0.15) is 10.2 Å². The lowest BCUT2D eigenvalue weighted by Gasteiger charge is -2.06. The molecule has 0 fully saturated rings. The minimum Gasteiger partial charge on any atom is -0.507 e. The zero-order valence-electron chi connectivity index (χ0n) is 13.5. The van der Waals surface area contributed by atoms with Crippen molar-refractivity contribution in [1.82, 2.24) is 10.9 Å². The number of aromatic hydroxyl groups is 1. The van der Waals surface area contributed by atoms with E-state index >= 15 is 0 Å². The molecule has 1 aromatic rings. The molecule has 7 nitrogen and oxygen atoms in total. The molecule has 1 atom stereocenters. The number of carbonyl (C=O) groups is 2. The van der Waals surface area contributed by atoms with Gasteiger partial charge in [0.25, 0.3) is 0 Å². The molecule has 3 N–H and O–H groups in total. The quantitative estimate of drug-likeness (QED) is 0.401. The Morgan fingerprint density at radius 3 is 3.00 bits per heavy atom. The molecular formula is C17H20N4O3. The molecule has 1 aliphatic rings. The summed E-state index contributed by atoms with van der Waals surface area (Å²) in [4.78, 5) is 23.3. The van der Waals surface area contributed by atoms with Crippen LogP contribution in [-0.2, 0) is 16.0 Å². The van der Waals surface area contributed by atoms with Gasteiger partial charge in [0.2, 0.25) is 11.8 Å². The standard InChI is InChI=1S/C17H20N4O3/c1-3-5-12-6-4-7-13(16(12)23)10-18-20-15(22)9-8-14-11(2)19-21-17(14)24/h3-4,6-7,10,14,23H,1,5,8-9H2,2H3,(H,20,22)(H,21,24)/b18-10-/t14-/m1/s1. The molecule has 0 aliphatic carbocycles. The van der Waals surface area contributed by atoms with Crippen molar-refractivity contribution in [3.8, 4) is 5.75 Å². The van der Waals surface area contributed by atoms with Gasteiger partial charge in [-0.15, -0.1) is 6.58 Å². The molecule has 0 saturated carbocycles. The van der Waals surface area contributed by atoms with E-state index in [0.29, 0.717) is 24.1 Å². The SMILES string of the molecule is C=CCc1cccc(/C=N\NC(=O)CC[C@H]2C(=O)NN=C2C)c1O. The fourth-order valence-electron chi connectivity index (χ4n) is 2.37. The summed E-state index contributed by atoms with van der Waals surface area (Å²) in [5.41, 5.74) is 6.70. The minimum absolute atomic E-state index is 0.116. The van der Waals surface area contributed by atoms with E-state index in [2.05, 4.69) is 27.6 Å². The second-order valence-electron chi connectivity index (χ2n) is 5.46. The van der Waals surface area contributed by atoms with Gasteiger partial charge in [0.15, 0.2) is 0 Å². The van der Waals surface area contributed by atoms with E-state index in [-0.39, 0.29) is 29.9 Å². The Hall–Kier alpha value is -2.96. The summed E-state index contributed by atoms with van der Waals surface area (Å²) in [6.45, 7) is 5.38. The van der Waals surface area contributed by atoms with Crippen molar-refractivity contribution in [1.29, 1.82) is 0 Å². The van der Waals surface area contributed by atoms with Crippen molar-refractivity contribution in [2.24, 2.45) is 16.1 Å². The molecule has 2 rings (SSSR count). The molecule has 24 heavy (non-hydrogen) atoms. The Labute approximate surface area is 140 Å². The highest BCUT2D eigenvalue weighted by Gasteiger charge is 2.26. The van der Waals surface area contributed by atoms with Gasteiger partial charge in [-0.05, 0) is 31.4 Å². The summed E-state index contributed by atoms with van der Waals surface area (Å²) >= 11 is 0. The second-order valence-corrected chi connectivity index (χ2v) is 5.46. The number of hydrazone groups is 2. The van der Waals surface area contributed by atoms with Crippen LogP contribution >= 0.6 is 0 Å². The lowest BCUT2D eigenvalue weighted by atomic mass is 9.99. The maximum absolute atomic E-state index is 11.8. The summed E-state index contributed by atoms with van der Waals surface area (Å²) in [6.07, 6.45) is 4.16. The van der Waals surface area contributed by atoms with E-state index in [0.717, 1.165) is 5.56 Å². The third kappa shape index (κ3) is 4.28. The van der Waals surface area contributed by atoms with Gasteiger partial charge in [-0.25, -0.2) is 10.9 Å². The maximum atomic E-state index is 11.8. The van der Waals surface area contributed by atoms with E-state index in [1.54, 1.807) is 31.2 Å². The van der Waals surface area contributed by atoms with Crippen LogP contribution < -0.4 is 10.9 Å². The fraction of sp³-hybridized carbons (Fsp3) is 0.294. The molecular weight excluding hydrogens is 308 g/mol. The molecule has 1 heterocycles. The molecule has 0 bridgehead atoms. The van der Waals surface area contributed by atoms with Crippen LogP contribution in [0.15, 0.2) is 41.1 Å². The molecule has 7 heteroatoms. The van der Waals surface area contributed by atoms with Gasteiger partial charge in [-0.3, -0.25) is 9.59 Å². The topological polar surface area (TPSA) is 103 Å². The van der Waals surface area contributed by atoms with Gasteiger partial charge >= 0.3 is 0 Å². The molecule has 0 aromatic heterocycles. The number of allylic oxidation sites excluding steroid dienone is 1. The van der Waals surface area contributed by atoms with Crippen LogP contribution in [0, 0.1) is 5.92 Å². The Bertz CT molecular complexity index is 710. The van der Waals surface area contributed by atoms with E-state index in [1.165, 1.54) is 6.21 Å². The van der Waals surface area contributed by atoms with Crippen molar-refractivity contribution in [3.63, 3.8) is 0 Å². The molecule has 0 saturated heterocycles. The van der Waals surface area contributed by atoms with Crippen LogP contribution in [0.25, 0.3) is 0 Å². The number of rotatable bonds is 7. The summed E-state index contributed by atoms with van der Waals surface area (Å²) in [5, 5.41) is 17.8. The Balaban J connectivity index is 1.86. The van der Waals surface area contributed by atoms with Crippen LogP contribution in [0.2, 0.25) is 0 Å². The smallest absolute Gasteiger partial charge is 0.248 e. The zero-order chi connectivity index (χ0) is 17.5. The van der Waals surface area contributed by atoms with Gasteiger partial charge in [-0.1, -0.05) is 18.2 Å². The molecule has 1 aliphatic heterocycles. The number of hydrogen-bond donors (Lipinski definition) is 3. The second kappa shape index (κ2) is 8.05. The number of phenolic OH excluding ortho intramolecular Hbond substituents is 1. The van der Waals surface area contributed by atoms with Crippen molar-refractivity contribution in [3.05, 3.63) is 42.0 Å². The fourth-order valence-corrected chi connectivity index (χ4v) is 2.37. The number of benzene rings is 1. The number of amides is 2. The van der Waals surface area contributed by atoms with Crippen molar-refractivity contribution in [2.45, 2.75) is 26.2 Å². The average molecular weight is 328 g/mol. The highest BCUT2D eigenvalue weighted by molar-refractivity contribution is 6.07. The molecule has 126 valence electrons. The van der Waals surface area contributed by atoms with E-state index in [1.807, 2.05) is 0 Å². The van der Waals surface area contributed by atoms with Crippen LogP contribution in [0.4, 0.5) is 0 Å². The van der Waals surface area contributed by atoms with E-state index in [4.69, 9.17) is 0 Å². The summed E-state index contributed by atoms with van der Waals surface area (Å²) in [5.74, 6) is -0.738. The number of carbonyl (C=O) groups excluding carboxylic acids is 2. The van der Waals surface area contributed by atoms with Gasteiger partial charge in [0.05, 0.1) is 12.1 Å². The monoisotopic (exact) mass is 328 g/mol. The zero-order valence-corrected chi connectivity index (χ0v) is 13.5. The first-order chi connectivity index (χ1) is 11.5. The minimum atomic E-state index is -0.362. The van der Waals surface area contributed by atoms with Gasteiger partial charge in [0, 0.05) is 17.7 Å². The Kier molecular flexibility index (Phi) is 5.83. The van der Waals surface area contributed by atoms with Crippen LogP contribution in [-0.4, -0.2) is 28.8 Å². The lowest BCUT2D eigenvalue weighted by Crippen LogP contribution is -2.25. The normalized spacial score (nSPS) is 16.8. The first-order valence-corrected chi connectivity index (χ1v) is 7.60. The summed E-state index contributed by atoms with van der Waals surface area (Å²) in [7, 11) is 0. The lowest BCUT2D eigenvalue weighted by molar-refractivity contribution is -0.123. The van der Waals surface area contributed by atoms with Crippen molar-refractivity contribution >= 4 is 23.7 Å². The van der Waals surface area contributed by atoms with Gasteiger partial charge < -0.3 is 5.11 Å². The van der Waals surface area contributed by atoms with Crippen molar-refractivity contribution in [2.75, 3.05) is 0 Å². The summed E-state index contributed by atoms with van der Waals surface area (Å²) < 4.78 is 0. The van der Waals surface area contributed by atoms with Crippen LogP contribution in [0.1, 0.15) is 30.9 Å². The predicted octanol–water partition coefficient (Wildman–Crippen LogP) is 1.47. The first kappa shape index (κ1) is 17.4. The third-order valence-corrected chi connectivity index (χ3v) is 3.73. The van der Waals surface area contributed by atoms with Gasteiger partial charge in [0.1, 0.15) is 5.75 Å².